The molecule has 0 aromatic carbocycles. The maximum Gasteiger partial charge on any atom is 0.272 e. The molecule has 122 valence electrons. The molecule has 1 saturated carbocycles. The molecular weight excluding hydrogens is 306 g/mol. The van der Waals surface area contributed by atoms with Gasteiger partial charge in [0.1, 0.15) is 0 Å². The fraction of sp³-hybridized carbons (Fsp3) is 0.400. The minimum absolute atomic E-state index is 0.0182. The second kappa shape index (κ2) is 6.31. The number of H-pyrrole nitrogens is 1. The van der Waals surface area contributed by atoms with Crippen molar-refractivity contribution in [3.8, 4) is 5.88 Å². The second-order valence-corrected chi connectivity index (χ2v) is 5.42. The molecule has 0 bridgehead atoms. The number of carbonyl (C=O) groups is 1. The van der Waals surface area contributed by atoms with Crippen molar-refractivity contribution < 1.29 is 18.3 Å². The number of hydrogen-bond acceptors (Lipinski definition) is 4. The fourth-order valence-electron chi connectivity index (χ4n) is 2.26. The van der Waals surface area contributed by atoms with Gasteiger partial charge in [-0.25, -0.2) is 13.8 Å². The van der Waals surface area contributed by atoms with Crippen LogP contribution in [0, 0.1) is 6.92 Å². The Kier molecular flexibility index (Phi) is 4.22. The normalized spacial score (nSPS) is 14.1. The highest BCUT2D eigenvalue weighted by atomic mass is 19.3. The van der Waals surface area contributed by atoms with Crippen LogP contribution >= 0.6 is 0 Å². The maximum atomic E-state index is 12.3. The first-order valence-electron chi connectivity index (χ1n) is 7.28. The highest BCUT2D eigenvalue weighted by Gasteiger charge is 2.28. The summed E-state index contributed by atoms with van der Waals surface area (Å²) in [6.07, 6.45) is 1.00. The molecule has 23 heavy (non-hydrogen) atoms. The zero-order valence-electron chi connectivity index (χ0n) is 12.5. The van der Waals surface area contributed by atoms with Gasteiger partial charge in [0.2, 0.25) is 5.88 Å². The van der Waals surface area contributed by atoms with Crippen molar-refractivity contribution in [2.75, 3.05) is 11.9 Å². The van der Waals surface area contributed by atoms with Crippen molar-refractivity contribution in [1.82, 2.24) is 15.2 Å². The summed E-state index contributed by atoms with van der Waals surface area (Å²) in [5, 5.41) is 9.78. The number of rotatable bonds is 6. The quantitative estimate of drug-likeness (QED) is 0.857. The van der Waals surface area contributed by atoms with E-state index in [1.165, 1.54) is 18.3 Å². The number of anilines is 1. The van der Waals surface area contributed by atoms with Gasteiger partial charge in [-0.3, -0.25) is 9.89 Å². The summed E-state index contributed by atoms with van der Waals surface area (Å²) in [5.41, 5.74) is 2.24. The summed E-state index contributed by atoms with van der Waals surface area (Å²) in [6.45, 7) is 1.14. The predicted octanol–water partition coefficient (Wildman–Crippen LogP) is 2.89. The lowest BCUT2D eigenvalue weighted by atomic mass is 10.2. The first-order valence-corrected chi connectivity index (χ1v) is 7.28. The van der Waals surface area contributed by atoms with E-state index in [4.69, 9.17) is 4.74 Å². The fourth-order valence-corrected chi connectivity index (χ4v) is 2.26. The predicted molar refractivity (Wildman–Crippen MR) is 79.0 cm³/mol. The van der Waals surface area contributed by atoms with E-state index in [2.05, 4.69) is 20.5 Å². The van der Waals surface area contributed by atoms with Gasteiger partial charge < -0.3 is 10.1 Å². The molecule has 2 N–H and O–H groups in total. The number of aromatic nitrogens is 3. The third-order valence-electron chi connectivity index (χ3n) is 3.62. The van der Waals surface area contributed by atoms with Crippen LogP contribution < -0.4 is 10.1 Å². The molecule has 2 aromatic heterocycles. The van der Waals surface area contributed by atoms with E-state index in [1.54, 1.807) is 0 Å². The van der Waals surface area contributed by atoms with Gasteiger partial charge in [0.05, 0.1) is 0 Å². The molecule has 3 rings (SSSR count). The molecule has 8 heteroatoms. The summed E-state index contributed by atoms with van der Waals surface area (Å²) in [5.74, 6) is 0.564. The lowest BCUT2D eigenvalue weighted by Crippen LogP contribution is -2.14. The number of carbonyl (C=O) groups excluding carboxylic acids is 1. The molecular formula is C15H16F2N4O2. The number of pyridine rings is 1. The number of ether oxygens (including phenoxy) is 1. The number of alkyl halides is 2. The van der Waals surface area contributed by atoms with Gasteiger partial charge in [0, 0.05) is 35.0 Å². The van der Waals surface area contributed by atoms with Gasteiger partial charge in [-0.1, -0.05) is 0 Å². The van der Waals surface area contributed by atoms with E-state index in [-0.39, 0.29) is 11.4 Å². The molecule has 0 spiro atoms. The topological polar surface area (TPSA) is 79.9 Å². The number of aromatic amines is 1. The van der Waals surface area contributed by atoms with Crippen molar-refractivity contribution in [3.05, 3.63) is 35.2 Å². The molecule has 1 amide bonds. The Bertz CT molecular complexity index is 713. The van der Waals surface area contributed by atoms with E-state index in [0.717, 1.165) is 24.1 Å². The Morgan fingerprint density at radius 1 is 1.52 bits per heavy atom. The van der Waals surface area contributed by atoms with Crippen LogP contribution in [0.2, 0.25) is 0 Å². The van der Waals surface area contributed by atoms with Gasteiger partial charge in [-0.2, -0.15) is 5.10 Å². The van der Waals surface area contributed by atoms with Gasteiger partial charge >= 0.3 is 0 Å². The number of nitrogens with one attached hydrogen (secondary N) is 2. The second-order valence-electron chi connectivity index (χ2n) is 5.42. The first-order chi connectivity index (χ1) is 11.0. The van der Waals surface area contributed by atoms with Crippen LogP contribution in [0.5, 0.6) is 5.88 Å². The van der Waals surface area contributed by atoms with Crippen molar-refractivity contribution in [2.45, 2.75) is 32.1 Å². The van der Waals surface area contributed by atoms with E-state index in [1.807, 2.05) is 6.92 Å². The molecule has 0 saturated heterocycles. The largest absolute Gasteiger partial charge is 0.472 e. The van der Waals surface area contributed by atoms with Crippen molar-refractivity contribution in [3.63, 3.8) is 0 Å². The van der Waals surface area contributed by atoms with Gasteiger partial charge in [-0.05, 0) is 25.8 Å². The summed E-state index contributed by atoms with van der Waals surface area (Å²) in [4.78, 5) is 16.1. The molecule has 0 unspecified atom stereocenters. The van der Waals surface area contributed by atoms with Crippen molar-refractivity contribution in [1.29, 1.82) is 0 Å². The lowest BCUT2D eigenvalue weighted by molar-refractivity contribution is 0.0795. The summed E-state index contributed by atoms with van der Waals surface area (Å²) < 4.78 is 29.1. The van der Waals surface area contributed by atoms with E-state index in [0.29, 0.717) is 11.7 Å². The Morgan fingerprint density at radius 3 is 3.00 bits per heavy atom. The van der Waals surface area contributed by atoms with E-state index < -0.39 is 18.9 Å². The molecule has 1 fully saturated rings. The van der Waals surface area contributed by atoms with Gasteiger partial charge in [0.15, 0.2) is 12.4 Å². The first kappa shape index (κ1) is 15.4. The zero-order chi connectivity index (χ0) is 16.4. The molecule has 2 aromatic rings. The van der Waals surface area contributed by atoms with Crippen molar-refractivity contribution in [2.24, 2.45) is 0 Å². The van der Waals surface area contributed by atoms with Gasteiger partial charge in [-0.15, -0.1) is 0 Å². The molecule has 1 aliphatic rings. The van der Waals surface area contributed by atoms with Crippen LogP contribution in [-0.4, -0.2) is 34.1 Å². The third kappa shape index (κ3) is 3.64. The standard InChI is InChI=1S/C15H16F2N4O2/c1-8-13(9-2-3-9)20-21-14(8)19-15(22)10-4-5-18-12(6-10)23-7-11(16)17/h4-6,9,11H,2-3,7H2,1H3,(H2,19,20,21,22). The highest BCUT2D eigenvalue weighted by Crippen LogP contribution is 2.41. The molecule has 2 heterocycles. The number of nitrogens with zero attached hydrogens (tertiary/aromatic N) is 2. The van der Waals surface area contributed by atoms with E-state index >= 15 is 0 Å². The average Bonchev–Trinajstić information content (AvgIpc) is 3.31. The highest BCUT2D eigenvalue weighted by molar-refractivity contribution is 6.04. The summed E-state index contributed by atoms with van der Waals surface area (Å²) in [6, 6.07) is 2.80. The van der Waals surface area contributed by atoms with Crippen LogP contribution in [-0.2, 0) is 0 Å². The third-order valence-corrected chi connectivity index (χ3v) is 3.62. The summed E-state index contributed by atoms with van der Waals surface area (Å²) in [7, 11) is 0. The lowest BCUT2D eigenvalue weighted by Gasteiger charge is -2.07. The van der Waals surface area contributed by atoms with Crippen LogP contribution in [0.15, 0.2) is 18.3 Å². The minimum atomic E-state index is -2.60. The Hall–Kier alpha value is -2.51. The van der Waals surface area contributed by atoms with Crippen LogP contribution in [0.3, 0.4) is 0 Å². The molecule has 0 radical (unpaired) electrons. The number of amides is 1. The Morgan fingerprint density at radius 2 is 2.30 bits per heavy atom. The molecule has 6 nitrogen and oxygen atoms in total. The molecule has 0 atom stereocenters. The molecule has 1 aliphatic carbocycles. The van der Waals surface area contributed by atoms with Crippen LogP contribution in [0.1, 0.15) is 40.4 Å². The smallest absolute Gasteiger partial charge is 0.272 e. The zero-order valence-corrected chi connectivity index (χ0v) is 12.5. The van der Waals surface area contributed by atoms with Gasteiger partial charge in [0.25, 0.3) is 12.3 Å². The number of hydrogen-bond donors (Lipinski definition) is 2. The average molecular weight is 322 g/mol. The summed E-state index contributed by atoms with van der Waals surface area (Å²) >= 11 is 0. The van der Waals surface area contributed by atoms with Crippen LogP contribution in [0.4, 0.5) is 14.6 Å². The SMILES string of the molecule is Cc1c(NC(=O)c2ccnc(OCC(F)F)c2)n[nH]c1C1CC1. The van der Waals surface area contributed by atoms with Crippen LogP contribution in [0.25, 0.3) is 0 Å². The Balaban J connectivity index is 1.69. The number of halogens is 2. The molecule has 0 aliphatic heterocycles. The monoisotopic (exact) mass is 322 g/mol. The minimum Gasteiger partial charge on any atom is -0.472 e. The Labute approximate surface area is 131 Å². The van der Waals surface area contributed by atoms with Crippen molar-refractivity contribution >= 4 is 11.7 Å². The van der Waals surface area contributed by atoms with E-state index in [9.17, 15) is 13.6 Å². The maximum absolute atomic E-state index is 12.3.